The van der Waals surface area contributed by atoms with Gasteiger partial charge in [0, 0.05) is 18.3 Å². The largest absolute Gasteiger partial charge is 0.464 e. The molecule has 3 unspecified atom stereocenters. The van der Waals surface area contributed by atoms with Gasteiger partial charge in [-0.3, -0.25) is 14.4 Å². The molecule has 1 heterocycles. The molecule has 0 aromatic carbocycles. The number of ether oxygens (including phenoxy) is 3. The fourth-order valence-corrected chi connectivity index (χ4v) is 6.22. The Balaban J connectivity index is 1.83. The average Bonchev–Trinajstić information content (AvgIpc) is 3.02. The van der Waals surface area contributed by atoms with Gasteiger partial charge in [-0.25, -0.2) is 0 Å². The summed E-state index contributed by atoms with van der Waals surface area (Å²) in [4.78, 5) is 39.1. The molecule has 3 fully saturated rings. The molecule has 0 amide bonds. The first-order chi connectivity index (χ1) is 15.5. The van der Waals surface area contributed by atoms with Gasteiger partial charge in [0.25, 0.3) is 0 Å². The molecule has 188 valence electrons. The smallest absolute Gasteiger partial charge is 0.305 e. The fourth-order valence-electron chi connectivity index (χ4n) is 6.22. The van der Waals surface area contributed by atoms with Gasteiger partial charge in [-0.1, -0.05) is 40.0 Å². The third-order valence-electron chi connectivity index (χ3n) is 8.72. The molecule has 0 N–H and O–H groups in total. The lowest BCUT2D eigenvalue weighted by Crippen LogP contribution is -2.65. The van der Waals surface area contributed by atoms with Crippen LogP contribution in [-0.2, 0) is 28.6 Å². The molecule has 2 bridgehead atoms. The van der Waals surface area contributed by atoms with E-state index in [4.69, 9.17) is 14.2 Å². The lowest BCUT2D eigenvalue weighted by atomic mass is 9.50. The van der Waals surface area contributed by atoms with E-state index in [2.05, 4.69) is 27.7 Å². The Morgan fingerprint density at radius 1 is 0.909 bits per heavy atom. The van der Waals surface area contributed by atoms with Crippen LogP contribution in [-0.4, -0.2) is 42.1 Å². The molecule has 2 saturated carbocycles. The monoisotopic (exact) mass is 464 g/mol. The second-order valence-electron chi connectivity index (χ2n) is 11.5. The van der Waals surface area contributed by atoms with Crippen LogP contribution in [0.3, 0.4) is 0 Å². The number of unbranched alkanes of at least 4 members (excludes halogenated alkanes) is 3. The summed E-state index contributed by atoms with van der Waals surface area (Å²) in [6.45, 7) is 10.4. The lowest BCUT2D eigenvalue weighted by Gasteiger charge is -2.55. The zero-order valence-electron chi connectivity index (χ0n) is 21.4. The van der Waals surface area contributed by atoms with E-state index in [-0.39, 0.29) is 42.0 Å². The minimum atomic E-state index is -1.04. The standard InChI is InChI=1S/C27H44O6/c1-6-8-10-12-22(29)32-19-26(18-31-21(28)11-9-7-2)16-15-25(5)14-13-20-17-27(25,23(26)30)33-24(20,3)4/h20H,6-19H2,1-5H3/t20?,25-,26?,27?/m1/s1. The van der Waals surface area contributed by atoms with Crippen molar-refractivity contribution in [2.45, 2.75) is 123 Å². The van der Waals surface area contributed by atoms with Crippen molar-refractivity contribution in [3.05, 3.63) is 0 Å². The topological polar surface area (TPSA) is 78.9 Å². The van der Waals surface area contributed by atoms with Crippen molar-refractivity contribution in [3.8, 4) is 0 Å². The first kappa shape index (κ1) is 26.2. The Labute approximate surface area is 199 Å². The van der Waals surface area contributed by atoms with E-state index in [1.165, 1.54) is 0 Å². The van der Waals surface area contributed by atoms with Crippen LogP contribution in [0.15, 0.2) is 0 Å². The zero-order valence-corrected chi connectivity index (χ0v) is 21.4. The number of fused-ring (bicyclic) bond motifs is 1. The minimum absolute atomic E-state index is 0.0244. The van der Waals surface area contributed by atoms with E-state index >= 15 is 0 Å². The van der Waals surface area contributed by atoms with E-state index in [1.807, 2.05) is 6.92 Å². The van der Waals surface area contributed by atoms with Crippen LogP contribution >= 0.6 is 0 Å². The third-order valence-corrected chi connectivity index (χ3v) is 8.72. The van der Waals surface area contributed by atoms with E-state index in [0.717, 1.165) is 51.4 Å². The first-order valence-corrected chi connectivity index (χ1v) is 13.1. The highest BCUT2D eigenvalue weighted by Gasteiger charge is 2.71. The molecule has 1 spiro atoms. The molecular weight excluding hydrogens is 420 g/mol. The number of carbonyl (C=O) groups excluding carboxylic acids is 3. The van der Waals surface area contributed by atoms with Gasteiger partial charge in [0.15, 0.2) is 5.78 Å². The van der Waals surface area contributed by atoms with Crippen molar-refractivity contribution in [3.63, 3.8) is 0 Å². The number of ketones is 1. The molecule has 33 heavy (non-hydrogen) atoms. The van der Waals surface area contributed by atoms with Crippen molar-refractivity contribution >= 4 is 17.7 Å². The van der Waals surface area contributed by atoms with Gasteiger partial charge < -0.3 is 14.2 Å². The number of hydrogen-bond acceptors (Lipinski definition) is 6. The van der Waals surface area contributed by atoms with Crippen molar-refractivity contribution < 1.29 is 28.6 Å². The summed E-state index contributed by atoms with van der Waals surface area (Å²) in [5.74, 6) is -0.274. The second kappa shape index (κ2) is 10.1. The van der Waals surface area contributed by atoms with Crippen LogP contribution in [0.25, 0.3) is 0 Å². The van der Waals surface area contributed by atoms with Crippen LogP contribution in [0.4, 0.5) is 0 Å². The van der Waals surface area contributed by atoms with Crippen molar-refractivity contribution in [1.29, 1.82) is 0 Å². The van der Waals surface area contributed by atoms with Gasteiger partial charge in [0.05, 0.1) is 5.60 Å². The van der Waals surface area contributed by atoms with E-state index in [1.54, 1.807) is 0 Å². The SMILES string of the molecule is CCCCCC(=O)OCC1(COC(=O)CCCC)CC[C@@]2(C)CCC3CC2(OC3(C)C)C1=O. The maximum absolute atomic E-state index is 14.3. The van der Waals surface area contributed by atoms with Crippen molar-refractivity contribution in [2.75, 3.05) is 13.2 Å². The van der Waals surface area contributed by atoms with Crippen LogP contribution in [0.1, 0.15) is 112 Å². The van der Waals surface area contributed by atoms with Gasteiger partial charge in [-0.05, 0) is 64.7 Å². The molecule has 3 aliphatic rings. The highest BCUT2D eigenvalue weighted by Crippen LogP contribution is 2.65. The van der Waals surface area contributed by atoms with Gasteiger partial charge in [-0.15, -0.1) is 0 Å². The fraction of sp³-hybridized carbons (Fsp3) is 0.889. The predicted octanol–water partition coefficient (Wildman–Crippen LogP) is 5.55. The predicted molar refractivity (Wildman–Crippen MR) is 126 cm³/mol. The van der Waals surface area contributed by atoms with Crippen molar-refractivity contribution in [1.82, 2.24) is 0 Å². The highest BCUT2D eigenvalue weighted by molar-refractivity contribution is 5.95. The summed E-state index contributed by atoms with van der Waals surface area (Å²) in [6.07, 6.45) is 9.18. The number of Topliss-reactive ketones (excluding diaryl/α,β-unsaturated/α-hetero) is 1. The molecule has 1 saturated heterocycles. The molecular formula is C27H44O6. The summed E-state index contributed by atoms with van der Waals surface area (Å²) in [5.41, 5.74) is -2.55. The molecule has 6 nitrogen and oxygen atoms in total. The van der Waals surface area contributed by atoms with Gasteiger partial charge in [0.1, 0.15) is 24.2 Å². The first-order valence-electron chi connectivity index (χ1n) is 13.1. The van der Waals surface area contributed by atoms with E-state index in [0.29, 0.717) is 31.6 Å². The van der Waals surface area contributed by atoms with Crippen molar-refractivity contribution in [2.24, 2.45) is 16.7 Å². The molecule has 3 rings (SSSR count). The molecule has 0 radical (unpaired) electrons. The summed E-state index contributed by atoms with van der Waals surface area (Å²) >= 11 is 0. The van der Waals surface area contributed by atoms with E-state index in [9.17, 15) is 14.4 Å². The molecule has 6 heteroatoms. The Morgan fingerprint density at radius 3 is 2.12 bits per heavy atom. The Bertz CT molecular complexity index is 745. The number of esters is 2. The van der Waals surface area contributed by atoms with E-state index < -0.39 is 11.0 Å². The number of carbonyl (C=O) groups is 3. The van der Waals surface area contributed by atoms with Crippen LogP contribution in [0, 0.1) is 16.7 Å². The quantitative estimate of drug-likeness (QED) is 0.295. The number of rotatable bonds is 11. The maximum Gasteiger partial charge on any atom is 0.305 e. The molecule has 1 aliphatic heterocycles. The maximum atomic E-state index is 14.3. The minimum Gasteiger partial charge on any atom is -0.464 e. The zero-order chi connectivity index (χ0) is 24.3. The summed E-state index contributed by atoms with van der Waals surface area (Å²) < 4.78 is 18.0. The Hall–Kier alpha value is -1.43. The Morgan fingerprint density at radius 2 is 1.52 bits per heavy atom. The summed E-state index contributed by atoms with van der Waals surface area (Å²) in [6, 6.07) is 0. The van der Waals surface area contributed by atoms with Crippen LogP contribution in [0.2, 0.25) is 0 Å². The Kier molecular flexibility index (Phi) is 7.97. The molecule has 2 aliphatic carbocycles. The second-order valence-corrected chi connectivity index (χ2v) is 11.5. The van der Waals surface area contributed by atoms with Gasteiger partial charge >= 0.3 is 11.9 Å². The molecule has 4 atom stereocenters. The normalized spacial score (nSPS) is 34.6. The number of hydrogen-bond donors (Lipinski definition) is 0. The average molecular weight is 465 g/mol. The lowest BCUT2D eigenvalue weighted by molar-refractivity contribution is -0.205. The highest BCUT2D eigenvalue weighted by atomic mass is 16.6. The summed E-state index contributed by atoms with van der Waals surface area (Å²) in [5, 5.41) is 0. The van der Waals surface area contributed by atoms with Gasteiger partial charge in [0.2, 0.25) is 0 Å². The molecule has 0 aromatic rings. The third kappa shape index (κ3) is 5.01. The van der Waals surface area contributed by atoms with Crippen LogP contribution in [0.5, 0.6) is 0 Å². The molecule has 0 aromatic heterocycles. The van der Waals surface area contributed by atoms with Crippen LogP contribution < -0.4 is 0 Å². The van der Waals surface area contributed by atoms with Gasteiger partial charge in [-0.2, -0.15) is 0 Å². The summed E-state index contributed by atoms with van der Waals surface area (Å²) in [7, 11) is 0.